The molecule has 2 heterocycles. The van der Waals surface area contributed by atoms with Crippen LogP contribution < -0.4 is 10.1 Å². The first-order valence-electron chi connectivity index (χ1n) is 9.81. The van der Waals surface area contributed by atoms with Gasteiger partial charge in [-0.3, -0.25) is 20.2 Å². The monoisotopic (exact) mass is 451 g/mol. The molecule has 0 saturated carbocycles. The molecule has 0 spiro atoms. The zero-order chi connectivity index (χ0) is 23.2. The highest BCUT2D eigenvalue weighted by Crippen LogP contribution is 2.38. The van der Waals surface area contributed by atoms with E-state index in [9.17, 15) is 14.9 Å². The Labute approximate surface area is 187 Å². The number of anilines is 1. The van der Waals surface area contributed by atoms with Crippen molar-refractivity contribution in [3.05, 3.63) is 62.9 Å². The standard InChI is InChI=1S/C23H21N3O5S/c1-11(16-10-17-12(2)14(4)31-22(17)13(3)21(16)30-5)8-20(27)25-23-24-18-7-6-15(26(28)29)9-19(18)32-23/h6-10H,1-5H3,(H,24,25,27)/b11-8+. The third kappa shape index (κ3) is 3.71. The van der Waals surface area contributed by atoms with Crippen LogP contribution in [0.1, 0.15) is 29.4 Å². The number of allylic oxidation sites excluding steroid dienone is 1. The Morgan fingerprint density at radius 1 is 1.25 bits per heavy atom. The molecule has 0 fully saturated rings. The molecular formula is C23H21N3O5S. The summed E-state index contributed by atoms with van der Waals surface area (Å²) in [7, 11) is 1.59. The van der Waals surface area contributed by atoms with Gasteiger partial charge in [0.2, 0.25) is 5.91 Å². The molecule has 8 nitrogen and oxygen atoms in total. The quantitative estimate of drug-likeness (QED) is 0.229. The fraction of sp³-hybridized carbons (Fsp3) is 0.217. The number of fused-ring (bicyclic) bond motifs is 2. The molecule has 0 aliphatic heterocycles. The third-order valence-electron chi connectivity index (χ3n) is 5.44. The number of nitrogens with zero attached hydrogens (tertiary/aromatic N) is 2. The number of furan rings is 1. The second kappa shape index (κ2) is 8.08. The summed E-state index contributed by atoms with van der Waals surface area (Å²) in [6.45, 7) is 7.69. The first-order valence-corrected chi connectivity index (χ1v) is 10.6. The Kier molecular flexibility index (Phi) is 5.43. The first-order chi connectivity index (χ1) is 15.2. The number of aromatic nitrogens is 1. The van der Waals surface area contributed by atoms with Gasteiger partial charge in [0, 0.05) is 34.7 Å². The van der Waals surface area contributed by atoms with Crippen molar-refractivity contribution in [2.75, 3.05) is 12.4 Å². The van der Waals surface area contributed by atoms with E-state index < -0.39 is 4.92 Å². The van der Waals surface area contributed by atoms with Gasteiger partial charge in [0.05, 0.1) is 22.2 Å². The SMILES string of the molecule is COc1c(/C(C)=C/C(=O)Nc2nc3ccc([N+](=O)[O-])cc3s2)cc2c(C)c(C)oc2c1C. The number of nitro groups is 1. The summed E-state index contributed by atoms with van der Waals surface area (Å²) in [6, 6.07) is 6.38. The number of aryl methyl sites for hydroxylation is 3. The van der Waals surface area contributed by atoms with Crippen molar-refractivity contribution in [1.29, 1.82) is 0 Å². The van der Waals surface area contributed by atoms with Gasteiger partial charge in [-0.25, -0.2) is 4.98 Å². The van der Waals surface area contributed by atoms with Crippen molar-refractivity contribution in [2.45, 2.75) is 27.7 Å². The number of methoxy groups -OCH3 is 1. The maximum atomic E-state index is 12.7. The van der Waals surface area contributed by atoms with Gasteiger partial charge in [0.1, 0.15) is 17.1 Å². The molecule has 2 aromatic carbocycles. The minimum absolute atomic E-state index is 0.0163. The summed E-state index contributed by atoms with van der Waals surface area (Å²) < 4.78 is 12.1. The first kappa shape index (κ1) is 21.5. The largest absolute Gasteiger partial charge is 0.496 e. The number of thiazole rings is 1. The Morgan fingerprint density at radius 3 is 2.69 bits per heavy atom. The molecule has 2 aromatic heterocycles. The van der Waals surface area contributed by atoms with Gasteiger partial charge in [0.25, 0.3) is 5.69 Å². The van der Waals surface area contributed by atoms with Crippen molar-refractivity contribution in [2.24, 2.45) is 0 Å². The van der Waals surface area contributed by atoms with Gasteiger partial charge in [0.15, 0.2) is 5.13 Å². The smallest absolute Gasteiger partial charge is 0.270 e. The normalized spacial score (nSPS) is 11.8. The number of hydrogen-bond donors (Lipinski definition) is 1. The lowest BCUT2D eigenvalue weighted by molar-refractivity contribution is -0.384. The summed E-state index contributed by atoms with van der Waals surface area (Å²) in [5.41, 5.74) is 4.80. The third-order valence-corrected chi connectivity index (χ3v) is 6.37. The summed E-state index contributed by atoms with van der Waals surface area (Å²) in [4.78, 5) is 27.5. The summed E-state index contributed by atoms with van der Waals surface area (Å²) in [6.07, 6.45) is 1.49. The molecule has 4 rings (SSSR count). The van der Waals surface area contributed by atoms with E-state index in [0.717, 1.165) is 39.0 Å². The average Bonchev–Trinajstić information content (AvgIpc) is 3.27. The van der Waals surface area contributed by atoms with E-state index in [1.807, 2.05) is 33.8 Å². The number of ether oxygens (including phenoxy) is 1. The van der Waals surface area contributed by atoms with E-state index in [-0.39, 0.29) is 11.6 Å². The molecule has 0 saturated heterocycles. The van der Waals surface area contributed by atoms with Crippen molar-refractivity contribution in [3.63, 3.8) is 0 Å². The van der Waals surface area contributed by atoms with Crippen molar-refractivity contribution >= 4 is 54.8 Å². The number of benzene rings is 2. The fourth-order valence-electron chi connectivity index (χ4n) is 3.66. The van der Waals surface area contributed by atoms with Crippen LogP contribution in [-0.4, -0.2) is 22.9 Å². The van der Waals surface area contributed by atoms with Crippen LogP contribution in [-0.2, 0) is 4.79 Å². The Balaban J connectivity index is 1.66. The Hall–Kier alpha value is -3.72. The summed E-state index contributed by atoms with van der Waals surface area (Å²) >= 11 is 1.18. The van der Waals surface area contributed by atoms with E-state index in [0.29, 0.717) is 21.1 Å². The highest BCUT2D eigenvalue weighted by molar-refractivity contribution is 7.22. The fourth-order valence-corrected chi connectivity index (χ4v) is 4.57. The second-order valence-electron chi connectivity index (χ2n) is 7.49. The van der Waals surface area contributed by atoms with Crippen molar-refractivity contribution in [3.8, 4) is 5.75 Å². The van der Waals surface area contributed by atoms with Crippen LogP contribution in [0.15, 0.2) is 34.8 Å². The lowest BCUT2D eigenvalue weighted by Crippen LogP contribution is -2.08. The van der Waals surface area contributed by atoms with Crippen molar-refractivity contribution < 1.29 is 18.9 Å². The van der Waals surface area contributed by atoms with Crippen LogP contribution in [0.25, 0.3) is 26.8 Å². The van der Waals surface area contributed by atoms with Gasteiger partial charge >= 0.3 is 0 Å². The zero-order valence-corrected chi connectivity index (χ0v) is 19.0. The summed E-state index contributed by atoms with van der Waals surface area (Å²) in [5.74, 6) is 1.15. The molecule has 0 bridgehead atoms. The highest BCUT2D eigenvalue weighted by Gasteiger charge is 2.19. The van der Waals surface area contributed by atoms with Gasteiger partial charge in [-0.05, 0) is 51.0 Å². The maximum Gasteiger partial charge on any atom is 0.270 e. The zero-order valence-electron chi connectivity index (χ0n) is 18.2. The number of hydrogen-bond acceptors (Lipinski definition) is 7. The average molecular weight is 452 g/mol. The van der Waals surface area contributed by atoms with Crippen molar-refractivity contribution in [1.82, 2.24) is 4.98 Å². The number of non-ortho nitro benzene ring substituents is 1. The number of carbonyl (C=O) groups is 1. The minimum atomic E-state index is -0.459. The molecular weight excluding hydrogens is 430 g/mol. The van der Waals surface area contributed by atoms with E-state index in [4.69, 9.17) is 9.15 Å². The lowest BCUT2D eigenvalue weighted by atomic mass is 9.98. The highest BCUT2D eigenvalue weighted by atomic mass is 32.1. The molecule has 0 unspecified atom stereocenters. The van der Waals surface area contributed by atoms with Gasteiger partial charge in [-0.2, -0.15) is 0 Å². The molecule has 0 aliphatic rings. The van der Waals surface area contributed by atoms with Crippen LogP contribution in [0.3, 0.4) is 0 Å². The number of nitro benzene ring substituents is 1. The van der Waals surface area contributed by atoms with Gasteiger partial charge in [-0.1, -0.05) is 11.3 Å². The Bertz CT molecular complexity index is 1430. The maximum absolute atomic E-state index is 12.7. The van der Waals surface area contributed by atoms with E-state index in [1.54, 1.807) is 13.2 Å². The molecule has 4 aromatic rings. The number of rotatable bonds is 5. The van der Waals surface area contributed by atoms with Crippen LogP contribution in [0.5, 0.6) is 5.75 Å². The molecule has 0 radical (unpaired) electrons. The Morgan fingerprint density at radius 2 is 2.00 bits per heavy atom. The van der Waals surface area contributed by atoms with Crippen LogP contribution in [0, 0.1) is 30.9 Å². The van der Waals surface area contributed by atoms with Crippen LogP contribution in [0.4, 0.5) is 10.8 Å². The summed E-state index contributed by atoms with van der Waals surface area (Å²) in [5, 5.41) is 15.1. The number of amides is 1. The molecule has 1 N–H and O–H groups in total. The minimum Gasteiger partial charge on any atom is -0.496 e. The molecule has 9 heteroatoms. The lowest BCUT2D eigenvalue weighted by Gasteiger charge is -2.13. The predicted molar refractivity (Wildman–Crippen MR) is 126 cm³/mol. The molecule has 1 amide bonds. The molecule has 164 valence electrons. The second-order valence-corrected chi connectivity index (χ2v) is 8.52. The molecule has 32 heavy (non-hydrogen) atoms. The van der Waals surface area contributed by atoms with Crippen LogP contribution >= 0.6 is 11.3 Å². The number of carbonyl (C=O) groups excluding carboxylic acids is 1. The predicted octanol–water partition coefficient (Wildman–Crippen LogP) is 5.93. The van der Waals surface area contributed by atoms with Gasteiger partial charge < -0.3 is 9.15 Å². The molecule has 0 aliphatic carbocycles. The number of nitrogens with one attached hydrogen (secondary N) is 1. The van der Waals surface area contributed by atoms with E-state index in [2.05, 4.69) is 10.3 Å². The molecule has 0 atom stereocenters. The topological polar surface area (TPSA) is 108 Å². The van der Waals surface area contributed by atoms with Gasteiger partial charge in [-0.15, -0.1) is 0 Å². The van der Waals surface area contributed by atoms with E-state index >= 15 is 0 Å². The van der Waals surface area contributed by atoms with E-state index in [1.165, 1.54) is 29.5 Å². The van der Waals surface area contributed by atoms with Crippen LogP contribution in [0.2, 0.25) is 0 Å².